The highest BCUT2D eigenvalue weighted by Crippen LogP contribution is 2.34. The first-order valence-corrected chi connectivity index (χ1v) is 8.12. The van der Waals surface area contributed by atoms with Crippen molar-refractivity contribution in [1.29, 1.82) is 0 Å². The number of rotatable bonds is 6. The maximum absolute atomic E-state index is 10.4. The highest BCUT2D eigenvalue weighted by atomic mass is 16.5. The molecule has 0 spiro atoms. The molecule has 0 aliphatic carbocycles. The first-order chi connectivity index (χ1) is 10.0. The molecule has 0 saturated carbocycles. The Morgan fingerprint density at radius 2 is 1.90 bits per heavy atom. The fourth-order valence-corrected chi connectivity index (χ4v) is 3.40. The molecule has 3 heteroatoms. The average molecular weight is 292 g/mol. The van der Waals surface area contributed by atoms with Gasteiger partial charge in [0, 0.05) is 6.42 Å². The Labute approximate surface area is 128 Å². The van der Waals surface area contributed by atoms with E-state index in [9.17, 15) is 4.79 Å². The fourth-order valence-electron chi connectivity index (χ4n) is 3.40. The van der Waals surface area contributed by atoms with Crippen molar-refractivity contribution >= 4 is 6.29 Å². The number of hydrogen-bond acceptors (Lipinski definition) is 3. The molecule has 0 radical (unpaired) electrons. The molecule has 118 valence electrons. The van der Waals surface area contributed by atoms with Crippen LogP contribution in [0.15, 0.2) is 24.3 Å². The lowest BCUT2D eigenvalue weighted by atomic mass is 9.87. The Hall–Kier alpha value is -0.930. The summed E-state index contributed by atoms with van der Waals surface area (Å²) in [6.45, 7) is 12.6. The van der Waals surface area contributed by atoms with Crippen molar-refractivity contribution in [2.24, 2.45) is 5.92 Å². The molecule has 2 fully saturated rings. The first kappa shape index (κ1) is 16.4. The number of ether oxygens (including phenoxy) is 2. The van der Waals surface area contributed by atoms with Gasteiger partial charge in [0.2, 0.25) is 0 Å². The van der Waals surface area contributed by atoms with Gasteiger partial charge in [0.15, 0.2) is 0 Å². The van der Waals surface area contributed by atoms with Crippen LogP contribution >= 0.6 is 0 Å². The van der Waals surface area contributed by atoms with Crippen LogP contribution in [-0.4, -0.2) is 30.7 Å². The van der Waals surface area contributed by atoms with Gasteiger partial charge in [0.25, 0.3) is 0 Å². The zero-order valence-corrected chi connectivity index (χ0v) is 13.3. The maximum atomic E-state index is 10.4. The minimum absolute atomic E-state index is 0.140. The molecule has 3 nitrogen and oxygen atoms in total. The van der Waals surface area contributed by atoms with E-state index in [-0.39, 0.29) is 18.3 Å². The number of aldehydes is 1. The summed E-state index contributed by atoms with van der Waals surface area (Å²) in [7, 11) is 0. The van der Waals surface area contributed by atoms with Gasteiger partial charge in [0.05, 0.1) is 24.4 Å². The third-order valence-electron chi connectivity index (χ3n) is 4.83. The molecule has 0 aromatic carbocycles. The largest absolute Gasteiger partial charge is 0.371 e. The SMILES string of the molecule is C=C1C[C@H](CCC=O)O[C@H]1CC[C@H]1CC(C)C(=C)[C@@H](C)O1. The third kappa shape index (κ3) is 4.27. The predicted molar refractivity (Wildman–Crippen MR) is 84.2 cm³/mol. The van der Waals surface area contributed by atoms with Crippen LogP contribution in [0.25, 0.3) is 0 Å². The molecule has 2 aliphatic heterocycles. The van der Waals surface area contributed by atoms with Gasteiger partial charge in [0.1, 0.15) is 6.29 Å². The van der Waals surface area contributed by atoms with E-state index in [0.29, 0.717) is 18.4 Å². The number of carbonyl (C=O) groups excluding carboxylic acids is 1. The summed E-state index contributed by atoms with van der Waals surface area (Å²) >= 11 is 0. The normalized spacial score (nSPS) is 37.0. The van der Waals surface area contributed by atoms with Crippen LogP contribution in [0.3, 0.4) is 0 Å². The Balaban J connectivity index is 1.77. The lowest BCUT2D eigenvalue weighted by molar-refractivity contribution is -0.108. The van der Waals surface area contributed by atoms with Gasteiger partial charge in [-0.05, 0) is 56.1 Å². The highest BCUT2D eigenvalue weighted by molar-refractivity contribution is 5.49. The highest BCUT2D eigenvalue weighted by Gasteiger charge is 2.31. The minimum atomic E-state index is 0.140. The van der Waals surface area contributed by atoms with Crippen LogP contribution in [-0.2, 0) is 14.3 Å². The Bertz CT molecular complexity index is 387. The van der Waals surface area contributed by atoms with Crippen molar-refractivity contribution in [1.82, 2.24) is 0 Å². The van der Waals surface area contributed by atoms with Crippen molar-refractivity contribution in [3.63, 3.8) is 0 Å². The Morgan fingerprint density at radius 1 is 1.14 bits per heavy atom. The smallest absolute Gasteiger partial charge is 0.120 e. The molecule has 0 aromatic rings. The predicted octanol–water partition coefficient (Wildman–Crippen LogP) is 3.83. The Kier molecular flexibility index (Phi) is 5.77. The average Bonchev–Trinajstić information content (AvgIpc) is 2.80. The van der Waals surface area contributed by atoms with Crippen molar-refractivity contribution in [3.05, 3.63) is 24.3 Å². The third-order valence-corrected chi connectivity index (χ3v) is 4.83. The van der Waals surface area contributed by atoms with Gasteiger partial charge in [-0.15, -0.1) is 0 Å². The van der Waals surface area contributed by atoms with Crippen LogP contribution < -0.4 is 0 Å². The zero-order chi connectivity index (χ0) is 15.4. The van der Waals surface area contributed by atoms with Gasteiger partial charge in [-0.2, -0.15) is 0 Å². The van der Waals surface area contributed by atoms with Crippen LogP contribution in [0, 0.1) is 5.92 Å². The van der Waals surface area contributed by atoms with Crippen LogP contribution in [0.2, 0.25) is 0 Å². The van der Waals surface area contributed by atoms with E-state index in [0.717, 1.165) is 38.4 Å². The van der Waals surface area contributed by atoms with Gasteiger partial charge >= 0.3 is 0 Å². The van der Waals surface area contributed by atoms with Gasteiger partial charge in [-0.3, -0.25) is 0 Å². The monoisotopic (exact) mass is 292 g/mol. The summed E-state index contributed by atoms with van der Waals surface area (Å²) in [5, 5.41) is 0. The molecule has 1 unspecified atom stereocenters. The van der Waals surface area contributed by atoms with Crippen LogP contribution in [0.5, 0.6) is 0 Å². The Morgan fingerprint density at radius 3 is 2.57 bits per heavy atom. The number of carbonyl (C=O) groups is 1. The van der Waals surface area contributed by atoms with Crippen molar-refractivity contribution in [3.8, 4) is 0 Å². The molecule has 0 aromatic heterocycles. The number of hydrogen-bond donors (Lipinski definition) is 0. The van der Waals surface area contributed by atoms with Gasteiger partial charge < -0.3 is 14.3 Å². The molecule has 5 atom stereocenters. The van der Waals surface area contributed by atoms with Crippen molar-refractivity contribution in [2.45, 2.75) is 76.8 Å². The first-order valence-electron chi connectivity index (χ1n) is 8.12. The molecular formula is C18H28O3. The maximum Gasteiger partial charge on any atom is 0.120 e. The van der Waals surface area contributed by atoms with Crippen molar-refractivity contribution < 1.29 is 14.3 Å². The van der Waals surface area contributed by atoms with E-state index in [1.807, 2.05) is 0 Å². The van der Waals surface area contributed by atoms with Gasteiger partial charge in [-0.1, -0.05) is 20.1 Å². The lowest BCUT2D eigenvalue weighted by Crippen LogP contribution is -2.32. The second-order valence-electron chi connectivity index (χ2n) is 6.54. The van der Waals surface area contributed by atoms with Crippen molar-refractivity contribution in [2.75, 3.05) is 0 Å². The minimum Gasteiger partial charge on any atom is -0.371 e. The molecule has 2 saturated heterocycles. The topological polar surface area (TPSA) is 35.5 Å². The zero-order valence-electron chi connectivity index (χ0n) is 13.3. The van der Waals surface area contributed by atoms with E-state index in [1.165, 1.54) is 11.1 Å². The molecule has 0 bridgehead atoms. The standard InChI is InChI=1S/C18H28O3/c1-12-10-17(20-15(4)14(12)3)7-8-18-13(2)11-16(21-18)6-5-9-19/h9,12,15-18H,2-3,5-8,10-11H2,1,4H3/t12?,15-,16+,17+,18+/m1/s1. The molecule has 2 heterocycles. The molecule has 21 heavy (non-hydrogen) atoms. The quantitative estimate of drug-likeness (QED) is 0.551. The van der Waals surface area contributed by atoms with Crippen LogP contribution in [0.4, 0.5) is 0 Å². The molecule has 2 aliphatic rings. The summed E-state index contributed by atoms with van der Waals surface area (Å²) in [6, 6.07) is 0. The van der Waals surface area contributed by atoms with E-state index in [4.69, 9.17) is 9.47 Å². The van der Waals surface area contributed by atoms with Crippen LogP contribution in [0.1, 0.15) is 52.4 Å². The summed E-state index contributed by atoms with van der Waals surface area (Å²) in [6.07, 6.45) is 7.05. The van der Waals surface area contributed by atoms with E-state index in [1.54, 1.807) is 0 Å². The summed E-state index contributed by atoms with van der Waals surface area (Å²) < 4.78 is 12.0. The van der Waals surface area contributed by atoms with E-state index >= 15 is 0 Å². The molecular weight excluding hydrogens is 264 g/mol. The summed E-state index contributed by atoms with van der Waals surface area (Å²) in [4.78, 5) is 10.4. The van der Waals surface area contributed by atoms with E-state index in [2.05, 4.69) is 27.0 Å². The van der Waals surface area contributed by atoms with E-state index < -0.39 is 0 Å². The summed E-state index contributed by atoms with van der Waals surface area (Å²) in [5.41, 5.74) is 2.38. The lowest BCUT2D eigenvalue weighted by Gasteiger charge is -2.34. The summed E-state index contributed by atoms with van der Waals surface area (Å²) in [5.74, 6) is 0.534. The molecule has 2 rings (SSSR count). The second-order valence-corrected chi connectivity index (χ2v) is 6.54. The molecule has 0 amide bonds. The fraction of sp³-hybridized carbons (Fsp3) is 0.722. The van der Waals surface area contributed by atoms with Gasteiger partial charge in [-0.25, -0.2) is 0 Å². The molecule has 0 N–H and O–H groups in total. The second kappa shape index (κ2) is 7.37.